The molecule has 15 heavy (non-hydrogen) atoms. The Morgan fingerprint density at radius 2 is 1.67 bits per heavy atom. The summed E-state index contributed by atoms with van der Waals surface area (Å²) in [5.41, 5.74) is 1.48. The molecule has 0 spiro atoms. The Bertz CT molecular complexity index is 243. The summed E-state index contributed by atoms with van der Waals surface area (Å²) in [6.45, 7) is 2.27. The molecule has 0 aromatic heterocycles. The quantitative estimate of drug-likeness (QED) is 0.353. The molecule has 0 saturated carbocycles. The third-order valence-electron chi connectivity index (χ3n) is 2.72. The third kappa shape index (κ3) is 5.55. The van der Waals surface area contributed by atoms with Gasteiger partial charge in [-0.1, -0.05) is 92.0 Å². The van der Waals surface area contributed by atoms with Gasteiger partial charge in [-0.15, -0.1) is 0 Å². The number of alkyl halides is 1. The molecular weight excluding hydrogens is 295 g/mol. The maximum absolute atomic E-state index is 2.57. The molecule has 0 heterocycles. The van der Waals surface area contributed by atoms with Crippen molar-refractivity contribution in [3.05, 3.63) is 35.9 Å². The van der Waals surface area contributed by atoms with E-state index in [9.17, 15) is 0 Å². The highest BCUT2D eigenvalue weighted by Gasteiger charge is 2.05. The minimum absolute atomic E-state index is 0.699. The van der Waals surface area contributed by atoms with Crippen molar-refractivity contribution in [1.29, 1.82) is 0 Å². The zero-order valence-corrected chi connectivity index (χ0v) is 11.7. The molecule has 84 valence electrons. The van der Waals surface area contributed by atoms with Crippen LogP contribution in [0.15, 0.2) is 30.3 Å². The van der Waals surface area contributed by atoms with Crippen LogP contribution in [0.25, 0.3) is 0 Å². The summed E-state index contributed by atoms with van der Waals surface area (Å²) in [4.78, 5) is 0. The van der Waals surface area contributed by atoms with E-state index in [4.69, 9.17) is 0 Å². The largest absolute Gasteiger partial charge is 0.0774 e. The second-order valence-corrected chi connectivity index (χ2v) is 5.58. The second-order valence-electron chi connectivity index (χ2n) is 4.08. The summed E-state index contributed by atoms with van der Waals surface area (Å²) in [7, 11) is 0. The number of hydrogen-bond donors (Lipinski definition) is 0. The van der Waals surface area contributed by atoms with Gasteiger partial charge in [-0.25, -0.2) is 0 Å². The summed E-state index contributed by atoms with van der Waals surface area (Å²) in [5.74, 6) is 0. The summed E-state index contributed by atoms with van der Waals surface area (Å²) in [6.07, 6.45) is 8.26. The van der Waals surface area contributed by atoms with Gasteiger partial charge in [0.1, 0.15) is 0 Å². The summed E-state index contributed by atoms with van der Waals surface area (Å²) in [6, 6.07) is 10.8. The molecule has 0 amide bonds. The minimum Gasteiger partial charge on any atom is -0.0774 e. The number of benzene rings is 1. The van der Waals surface area contributed by atoms with E-state index in [0.29, 0.717) is 3.92 Å². The molecule has 0 aliphatic rings. The van der Waals surface area contributed by atoms with Gasteiger partial charge in [0.15, 0.2) is 0 Å². The molecule has 0 aliphatic heterocycles. The first kappa shape index (κ1) is 13.0. The molecule has 0 nitrogen and oxygen atoms in total. The Labute approximate surface area is 108 Å². The van der Waals surface area contributed by atoms with Crippen LogP contribution >= 0.6 is 22.6 Å². The zero-order valence-electron chi connectivity index (χ0n) is 9.58. The first-order valence-electron chi connectivity index (χ1n) is 6.03. The van der Waals surface area contributed by atoms with Gasteiger partial charge in [0, 0.05) is 3.92 Å². The minimum atomic E-state index is 0.699. The topological polar surface area (TPSA) is 0 Å². The van der Waals surface area contributed by atoms with Crippen LogP contribution in [0.5, 0.6) is 0 Å². The highest BCUT2D eigenvalue weighted by atomic mass is 127. The van der Waals surface area contributed by atoms with E-state index >= 15 is 0 Å². The van der Waals surface area contributed by atoms with E-state index in [1.54, 1.807) is 0 Å². The summed E-state index contributed by atoms with van der Waals surface area (Å²) >= 11 is 2.57. The summed E-state index contributed by atoms with van der Waals surface area (Å²) in [5, 5.41) is 0. The Hall–Kier alpha value is -0.0500. The van der Waals surface area contributed by atoms with Crippen LogP contribution in [0, 0.1) is 0 Å². The van der Waals surface area contributed by atoms with Crippen LogP contribution < -0.4 is 0 Å². The van der Waals surface area contributed by atoms with Crippen molar-refractivity contribution in [2.24, 2.45) is 0 Å². The van der Waals surface area contributed by atoms with Crippen molar-refractivity contribution < 1.29 is 0 Å². The van der Waals surface area contributed by atoms with E-state index < -0.39 is 0 Å². The Morgan fingerprint density at radius 3 is 2.33 bits per heavy atom. The van der Waals surface area contributed by atoms with Crippen LogP contribution in [0.1, 0.15) is 54.9 Å². The molecular formula is C14H21I. The SMILES string of the molecule is CCCCCCCC(I)c1ccccc1. The van der Waals surface area contributed by atoms with Crippen LogP contribution in [-0.4, -0.2) is 0 Å². The number of hydrogen-bond acceptors (Lipinski definition) is 0. The first-order chi connectivity index (χ1) is 7.34. The van der Waals surface area contributed by atoms with Gasteiger partial charge in [0.05, 0.1) is 0 Å². The maximum Gasteiger partial charge on any atom is 0.0359 e. The molecule has 0 aliphatic carbocycles. The van der Waals surface area contributed by atoms with Crippen molar-refractivity contribution in [2.45, 2.75) is 49.4 Å². The van der Waals surface area contributed by atoms with Gasteiger partial charge in [0.2, 0.25) is 0 Å². The molecule has 0 radical (unpaired) electrons. The standard InChI is InChI=1S/C14H21I/c1-2-3-4-5-9-12-14(15)13-10-7-6-8-11-13/h6-8,10-11,14H,2-5,9,12H2,1H3. The number of rotatable bonds is 7. The van der Waals surface area contributed by atoms with E-state index in [-0.39, 0.29) is 0 Å². The molecule has 1 heteroatoms. The lowest BCUT2D eigenvalue weighted by atomic mass is 10.1. The Balaban J connectivity index is 2.16. The highest BCUT2D eigenvalue weighted by Crippen LogP contribution is 2.28. The average molecular weight is 316 g/mol. The lowest BCUT2D eigenvalue weighted by Crippen LogP contribution is -1.89. The van der Waals surface area contributed by atoms with E-state index in [1.807, 2.05) is 0 Å². The lowest BCUT2D eigenvalue weighted by molar-refractivity contribution is 0.608. The summed E-state index contributed by atoms with van der Waals surface area (Å²) < 4.78 is 0.699. The molecule has 0 bridgehead atoms. The molecule has 0 N–H and O–H groups in total. The molecule has 1 aromatic carbocycles. The normalized spacial score (nSPS) is 12.7. The van der Waals surface area contributed by atoms with Crippen LogP contribution in [-0.2, 0) is 0 Å². The van der Waals surface area contributed by atoms with E-state index in [0.717, 1.165) is 0 Å². The molecule has 1 atom stereocenters. The van der Waals surface area contributed by atoms with E-state index in [1.165, 1.54) is 44.1 Å². The molecule has 1 unspecified atom stereocenters. The molecule has 0 fully saturated rings. The van der Waals surface area contributed by atoms with Crippen molar-refractivity contribution in [2.75, 3.05) is 0 Å². The molecule has 1 rings (SSSR count). The Kier molecular flexibility index (Phi) is 7.07. The Morgan fingerprint density at radius 1 is 1.00 bits per heavy atom. The van der Waals surface area contributed by atoms with Crippen molar-refractivity contribution >= 4 is 22.6 Å². The van der Waals surface area contributed by atoms with Gasteiger partial charge in [-0.2, -0.15) is 0 Å². The van der Waals surface area contributed by atoms with Gasteiger partial charge in [-0.05, 0) is 12.0 Å². The van der Waals surface area contributed by atoms with Crippen LogP contribution in [0.4, 0.5) is 0 Å². The predicted octanol–water partition coefficient (Wildman–Crippen LogP) is 5.52. The zero-order chi connectivity index (χ0) is 10.9. The number of unbranched alkanes of at least 4 members (excludes halogenated alkanes) is 4. The fourth-order valence-corrected chi connectivity index (χ4v) is 2.61. The smallest absolute Gasteiger partial charge is 0.0359 e. The highest BCUT2D eigenvalue weighted by molar-refractivity contribution is 14.1. The number of halogens is 1. The predicted molar refractivity (Wildman–Crippen MR) is 76.6 cm³/mol. The average Bonchev–Trinajstić information content (AvgIpc) is 2.30. The fraction of sp³-hybridized carbons (Fsp3) is 0.571. The van der Waals surface area contributed by atoms with Gasteiger partial charge >= 0.3 is 0 Å². The van der Waals surface area contributed by atoms with Gasteiger partial charge in [-0.3, -0.25) is 0 Å². The first-order valence-corrected chi connectivity index (χ1v) is 7.28. The molecule has 0 saturated heterocycles. The second kappa shape index (κ2) is 8.14. The van der Waals surface area contributed by atoms with Crippen molar-refractivity contribution in [1.82, 2.24) is 0 Å². The third-order valence-corrected chi connectivity index (χ3v) is 4.06. The monoisotopic (exact) mass is 316 g/mol. The molecule has 1 aromatic rings. The van der Waals surface area contributed by atoms with Gasteiger partial charge in [0.25, 0.3) is 0 Å². The van der Waals surface area contributed by atoms with E-state index in [2.05, 4.69) is 59.8 Å². The lowest BCUT2D eigenvalue weighted by Gasteiger charge is -2.09. The van der Waals surface area contributed by atoms with Crippen molar-refractivity contribution in [3.63, 3.8) is 0 Å². The van der Waals surface area contributed by atoms with Crippen LogP contribution in [0.3, 0.4) is 0 Å². The fourth-order valence-electron chi connectivity index (χ4n) is 1.76. The van der Waals surface area contributed by atoms with Crippen LogP contribution in [0.2, 0.25) is 0 Å². The maximum atomic E-state index is 2.57. The van der Waals surface area contributed by atoms with Crippen molar-refractivity contribution in [3.8, 4) is 0 Å². The van der Waals surface area contributed by atoms with Gasteiger partial charge < -0.3 is 0 Å².